The third-order valence-corrected chi connectivity index (χ3v) is 7.50. The lowest BCUT2D eigenvalue weighted by Gasteiger charge is -2.31. The molecule has 11 heteroatoms. The predicted octanol–water partition coefficient (Wildman–Crippen LogP) is 3.60. The molecule has 1 aliphatic heterocycles. The second kappa shape index (κ2) is 8.27. The first-order chi connectivity index (χ1) is 15.8. The maximum absolute atomic E-state index is 12.3. The molecular formula is C23H24N2O7S2. The smallest absolute Gasteiger partial charge is 0.294 e. The summed E-state index contributed by atoms with van der Waals surface area (Å²) in [5.41, 5.74) is 3.15. The predicted molar refractivity (Wildman–Crippen MR) is 129 cm³/mol. The molecule has 0 unspecified atom stereocenters. The van der Waals surface area contributed by atoms with Crippen molar-refractivity contribution >= 4 is 31.6 Å². The minimum atomic E-state index is -4.85. The Morgan fingerprint density at radius 2 is 1.15 bits per heavy atom. The van der Waals surface area contributed by atoms with Gasteiger partial charge in [-0.2, -0.15) is 16.8 Å². The molecule has 0 radical (unpaired) electrons. The van der Waals surface area contributed by atoms with Crippen LogP contribution >= 0.6 is 0 Å². The molecule has 2 N–H and O–H groups in total. The summed E-state index contributed by atoms with van der Waals surface area (Å²) in [6, 6.07) is 14.1. The highest BCUT2D eigenvalue weighted by atomic mass is 32.2. The molecule has 0 aromatic heterocycles. The van der Waals surface area contributed by atoms with Crippen LogP contribution in [0.4, 0.5) is 11.4 Å². The van der Waals surface area contributed by atoms with Crippen LogP contribution in [0.25, 0.3) is 0 Å². The number of fused-ring (bicyclic) bond motifs is 2. The summed E-state index contributed by atoms with van der Waals surface area (Å²) >= 11 is 0. The summed E-state index contributed by atoms with van der Waals surface area (Å²) in [7, 11) is -2.02. The summed E-state index contributed by atoms with van der Waals surface area (Å²) in [5.74, 6) is 0.304. The summed E-state index contributed by atoms with van der Waals surface area (Å²) in [4.78, 5) is 2.55. The standard InChI is InChI=1S/C23H24N2O7S2/c1-24(2)14-5-8-17-20(11-14)32-21-12-15(25(3)4)6-9-18(21)23(17)19-10-7-16(33(26,27)28)13-22(19)34(29,30)31/h5-13,23H,1-4H3,(H,26,27,28)(H,29,30,31). The van der Waals surface area contributed by atoms with Crippen LogP contribution in [-0.2, 0) is 20.2 Å². The second-order valence-corrected chi connectivity index (χ2v) is 11.2. The van der Waals surface area contributed by atoms with Gasteiger partial charge in [0.2, 0.25) is 0 Å². The zero-order chi connectivity index (χ0) is 25.0. The number of nitrogens with zero attached hydrogens (tertiary/aromatic N) is 2. The van der Waals surface area contributed by atoms with E-state index in [9.17, 15) is 25.9 Å². The number of rotatable bonds is 5. The summed E-state index contributed by atoms with van der Waals surface area (Å²) in [6.07, 6.45) is 0. The first kappa shape index (κ1) is 24.0. The van der Waals surface area contributed by atoms with E-state index in [2.05, 4.69) is 0 Å². The monoisotopic (exact) mass is 504 g/mol. The lowest BCUT2D eigenvalue weighted by molar-refractivity contribution is 0.450. The number of hydrogen-bond acceptors (Lipinski definition) is 7. The van der Waals surface area contributed by atoms with Crippen molar-refractivity contribution in [1.29, 1.82) is 0 Å². The van der Waals surface area contributed by atoms with Gasteiger partial charge in [-0.15, -0.1) is 0 Å². The van der Waals surface area contributed by atoms with Crippen molar-refractivity contribution in [3.8, 4) is 11.5 Å². The summed E-state index contributed by atoms with van der Waals surface area (Å²) in [6.45, 7) is 0. The van der Waals surface area contributed by atoms with Crippen molar-refractivity contribution in [3.63, 3.8) is 0 Å². The molecule has 0 saturated heterocycles. The second-order valence-electron chi connectivity index (χ2n) is 8.42. The average molecular weight is 505 g/mol. The quantitative estimate of drug-likeness (QED) is 0.392. The van der Waals surface area contributed by atoms with E-state index in [-0.39, 0.29) is 5.56 Å². The highest BCUT2D eigenvalue weighted by Crippen LogP contribution is 2.50. The van der Waals surface area contributed by atoms with Gasteiger partial charge in [0.05, 0.1) is 9.79 Å². The van der Waals surface area contributed by atoms with Gasteiger partial charge in [-0.05, 0) is 29.8 Å². The van der Waals surface area contributed by atoms with Crippen LogP contribution in [0.2, 0.25) is 0 Å². The molecule has 4 rings (SSSR count). The van der Waals surface area contributed by atoms with Gasteiger partial charge in [0.1, 0.15) is 11.5 Å². The maximum atomic E-state index is 12.3. The van der Waals surface area contributed by atoms with Gasteiger partial charge < -0.3 is 14.5 Å². The molecular weight excluding hydrogens is 480 g/mol. The van der Waals surface area contributed by atoms with E-state index < -0.39 is 35.9 Å². The summed E-state index contributed by atoms with van der Waals surface area (Å²) in [5, 5.41) is 0. The first-order valence-corrected chi connectivity index (χ1v) is 13.0. The number of hydrogen-bond donors (Lipinski definition) is 2. The Hall–Kier alpha value is -3.12. The highest BCUT2D eigenvalue weighted by Gasteiger charge is 2.34. The zero-order valence-electron chi connectivity index (χ0n) is 18.9. The van der Waals surface area contributed by atoms with Crippen LogP contribution in [0.5, 0.6) is 11.5 Å². The van der Waals surface area contributed by atoms with Gasteiger partial charge in [-0.25, -0.2) is 0 Å². The van der Waals surface area contributed by atoms with Crippen LogP contribution in [0, 0.1) is 0 Å². The molecule has 9 nitrogen and oxygen atoms in total. The third kappa shape index (κ3) is 4.34. The molecule has 1 heterocycles. The van der Waals surface area contributed by atoms with Gasteiger partial charge in [-0.3, -0.25) is 9.11 Å². The van der Waals surface area contributed by atoms with Crippen LogP contribution in [0.3, 0.4) is 0 Å². The Morgan fingerprint density at radius 3 is 1.56 bits per heavy atom. The maximum Gasteiger partial charge on any atom is 0.294 e. The lowest BCUT2D eigenvalue weighted by atomic mass is 9.82. The van der Waals surface area contributed by atoms with E-state index in [1.54, 1.807) is 0 Å². The van der Waals surface area contributed by atoms with Gasteiger partial charge >= 0.3 is 0 Å². The molecule has 180 valence electrons. The van der Waals surface area contributed by atoms with E-state index in [0.717, 1.165) is 23.5 Å². The molecule has 1 aliphatic rings. The molecule has 3 aromatic carbocycles. The largest absolute Gasteiger partial charge is 0.457 e. The summed E-state index contributed by atoms with van der Waals surface area (Å²) < 4.78 is 73.6. The van der Waals surface area contributed by atoms with E-state index in [0.29, 0.717) is 22.6 Å². The normalized spacial score (nSPS) is 13.6. The molecule has 34 heavy (non-hydrogen) atoms. The van der Waals surface area contributed by atoms with Crippen molar-refractivity contribution in [2.24, 2.45) is 0 Å². The third-order valence-electron chi connectivity index (χ3n) is 5.74. The topological polar surface area (TPSA) is 124 Å². The average Bonchev–Trinajstić information content (AvgIpc) is 2.74. The molecule has 3 aromatic rings. The molecule has 0 bridgehead atoms. The first-order valence-electron chi connectivity index (χ1n) is 10.2. The van der Waals surface area contributed by atoms with Crippen molar-refractivity contribution in [3.05, 3.63) is 71.3 Å². The minimum absolute atomic E-state index is 0.149. The van der Waals surface area contributed by atoms with E-state index in [1.807, 2.05) is 74.4 Å². The Morgan fingerprint density at radius 1 is 0.676 bits per heavy atom. The Bertz CT molecular complexity index is 1440. The molecule has 0 atom stereocenters. The van der Waals surface area contributed by atoms with E-state index >= 15 is 0 Å². The van der Waals surface area contributed by atoms with E-state index in [4.69, 9.17) is 4.74 Å². The number of ether oxygens (including phenoxy) is 1. The van der Waals surface area contributed by atoms with Gasteiger partial charge in [0, 0.05) is 68.7 Å². The Kier molecular flexibility index (Phi) is 5.85. The molecule has 0 fully saturated rings. The zero-order valence-corrected chi connectivity index (χ0v) is 20.6. The fourth-order valence-corrected chi connectivity index (χ4v) is 5.36. The number of benzene rings is 3. The van der Waals surface area contributed by atoms with Crippen LogP contribution in [-0.4, -0.2) is 54.1 Å². The SMILES string of the molecule is CN(C)c1ccc2c(c1)Oc1cc(N(C)C)ccc1C2c1ccc(S(=O)(=O)O)cc1S(=O)(=O)O. The minimum Gasteiger partial charge on any atom is -0.457 e. The molecule has 0 saturated carbocycles. The Balaban J connectivity index is 2.04. The van der Waals surface area contributed by atoms with Crippen molar-refractivity contribution in [2.45, 2.75) is 15.7 Å². The van der Waals surface area contributed by atoms with Gasteiger partial charge in [0.25, 0.3) is 20.2 Å². The Labute approximate surface area is 198 Å². The number of anilines is 2. The van der Waals surface area contributed by atoms with Crippen LogP contribution in [0.15, 0.2) is 64.4 Å². The fourth-order valence-electron chi connectivity index (χ4n) is 4.01. The van der Waals surface area contributed by atoms with E-state index in [1.165, 1.54) is 6.07 Å². The fraction of sp³-hybridized carbons (Fsp3) is 0.217. The van der Waals surface area contributed by atoms with Gasteiger partial charge in [0.15, 0.2) is 0 Å². The molecule has 0 amide bonds. The van der Waals surface area contributed by atoms with Crippen molar-refractivity contribution < 1.29 is 30.7 Å². The molecule has 0 aliphatic carbocycles. The van der Waals surface area contributed by atoms with Gasteiger partial charge in [-0.1, -0.05) is 18.2 Å². The lowest BCUT2D eigenvalue weighted by Crippen LogP contribution is -2.17. The van der Waals surface area contributed by atoms with Crippen LogP contribution in [0.1, 0.15) is 22.6 Å². The molecule has 0 spiro atoms. The highest BCUT2D eigenvalue weighted by molar-refractivity contribution is 7.86. The van der Waals surface area contributed by atoms with Crippen LogP contribution < -0.4 is 14.5 Å². The van der Waals surface area contributed by atoms with Crippen molar-refractivity contribution in [2.75, 3.05) is 38.0 Å². The van der Waals surface area contributed by atoms with Crippen molar-refractivity contribution in [1.82, 2.24) is 0 Å².